The number of nitrogens with two attached hydrogens (primary N) is 2. The van der Waals surface area contributed by atoms with Crippen molar-refractivity contribution in [3.05, 3.63) is 143 Å². The predicted molar refractivity (Wildman–Crippen MR) is 490 cm³/mol. The summed E-state index contributed by atoms with van der Waals surface area (Å²) in [7, 11) is 3.20. The maximum absolute atomic E-state index is 14.6. The summed E-state index contributed by atoms with van der Waals surface area (Å²) in [5, 5.41) is 22.5. The van der Waals surface area contributed by atoms with E-state index in [-0.39, 0.29) is 124 Å². The van der Waals surface area contributed by atoms with Crippen LogP contribution in [0.2, 0.25) is 0 Å². The first-order valence-corrected chi connectivity index (χ1v) is 46.3. The average Bonchev–Trinajstić information content (AvgIpc) is 1.61. The Morgan fingerprint density at radius 3 is 2.13 bits per heavy atom. The van der Waals surface area contributed by atoms with Gasteiger partial charge in [0.05, 0.1) is 101 Å². The fraction of sp³-hybridized carbons (Fsp3) is 0.562. The van der Waals surface area contributed by atoms with E-state index in [0.717, 1.165) is 28.7 Å². The quantitative estimate of drug-likeness (QED) is 0.0126. The highest BCUT2D eigenvalue weighted by molar-refractivity contribution is 6.38. The normalized spacial score (nSPS) is 25.1. The second-order valence-corrected chi connectivity index (χ2v) is 35.2. The molecule has 2 bridgehead atoms. The van der Waals surface area contributed by atoms with E-state index >= 15 is 0 Å². The van der Waals surface area contributed by atoms with Gasteiger partial charge in [0.1, 0.15) is 59.3 Å². The number of cyclic esters (lactones) is 1. The first-order chi connectivity index (χ1) is 63.9. The van der Waals surface area contributed by atoms with Crippen LogP contribution in [0.1, 0.15) is 170 Å². The van der Waals surface area contributed by atoms with Crippen molar-refractivity contribution in [1.29, 1.82) is 0 Å². The number of aliphatic hydroxyl groups is 1. The third-order valence-corrected chi connectivity index (χ3v) is 25.6. The number of nitrogens with zero attached hydrogens (tertiary/aromatic N) is 13. The molecule has 2 unspecified atom stereocenters. The Kier molecular flexibility index (Phi) is 35.9. The van der Waals surface area contributed by atoms with Crippen LogP contribution in [-0.4, -0.2) is 268 Å². The molecule has 5 aliphatic heterocycles. The number of nitrogen functional groups attached to an aromatic ring is 2. The second-order valence-electron chi connectivity index (χ2n) is 35.2. The van der Waals surface area contributed by atoms with Crippen LogP contribution in [0.15, 0.2) is 120 Å². The highest BCUT2D eigenvalue weighted by atomic mass is 16.6. The number of aromatic nitrogens is 9. The van der Waals surface area contributed by atoms with Crippen LogP contribution in [0.3, 0.4) is 0 Å². The standard InChI is InChI=1S/C96H127N17O19/c1-60-14-9-8-10-15-61(2)82(123-6)50-72-16-13-18-81(129-72)87(118)91(120)112-30-12-11-17-75(112)92(121)130-73(49-76(114)63(4)45-64(5)78(116)51-77(115)62(3)44-60)24-20-65-21-25-80(83(47-65)124-7)132-96(122)104-54-67-52-100-94(101-53-67)109-32-34-110(35-33-109)95-102-55-71(56-103-95)90(119)99-29-37-126-39-41-128-43-42-127-40-38-125-36-28-84(117)111-31-27-68-46-66(19-22-70(68)58-111)57-113-89-85(88(97)105-59-106-89)86(108-113)69-23-26-79-74(48-69)107-93(98)131-79/h8-10,14-15,19,22-23,26,45-46,48,52-53,55-56,59-60,62-63,65,72-73,75,78,80-83,116H,11-13,16-18,20-21,24-25,27-44,47,49-51,54,57-58H2,1-7H3,(H2,98,107)(H,99,119)(H,104,122)(H2,97,105,106)/b10-8+,14-9+,61-15+,64-45+/t60-,62-,63-,65-,72?,73-,75+,78+,80-,81?,82+,83-/m1/s1. The minimum Gasteiger partial charge on any atom is -0.460 e. The third kappa shape index (κ3) is 27.2. The van der Waals surface area contributed by atoms with Crippen LogP contribution in [-0.2, 0) is 97.5 Å². The maximum atomic E-state index is 14.6. The van der Waals surface area contributed by atoms with Crippen molar-refractivity contribution in [2.24, 2.45) is 23.7 Å². The summed E-state index contributed by atoms with van der Waals surface area (Å²) in [4.78, 5) is 149. The number of alkyl carbamates (subject to hydrolysis) is 1. The number of hydrogen-bond donors (Lipinski definition) is 5. The lowest BCUT2D eigenvalue weighted by atomic mass is 9.81. The smallest absolute Gasteiger partial charge is 0.407 e. The number of aliphatic hydroxyl groups excluding tert-OH is 1. The van der Waals surface area contributed by atoms with Crippen LogP contribution in [0.25, 0.3) is 33.4 Å². The van der Waals surface area contributed by atoms with E-state index in [1.165, 1.54) is 29.2 Å². The highest BCUT2D eigenvalue weighted by Gasteiger charge is 2.43. The van der Waals surface area contributed by atoms with Gasteiger partial charge in [-0.2, -0.15) is 10.1 Å². The SMILES string of the molecule is CO[C@H]1CC2CCCC(O2)C(=O)C(=O)N2CCCC[C@H]2C(=O)O[C@H](CC[C@@H]2CC[C@@H](OC(=O)NCc3cnc(N4CCN(c5ncc(C(=O)NCCOCCOCCOCCOCCC(=O)N6CCc7cc(Cn8nc(-c9ccc%10oc(N)nc%10c9)c9c(N)ncnc98)ccc7C6)cn5)CC4)nc3)[C@H](OC)C2)CC(=O)[C@H](C)/C=C(\C)[C@@H](O)CC(=O)[C@H](C)C[C@H](C)/C=C/C=C/C=C/1C. The maximum Gasteiger partial charge on any atom is 0.407 e. The van der Waals surface area contributed by atoms with Crippen LogP contribution >= 0.6 is 0 Å². The molecule has 36 nitrogen and oxygen atoms in total. The lowest BCUT2D eigenvalue weighted by Crippen LogP contribution is -2.54. The van der Waals surface area contributed by atoms with E-state index in [9.17, 15) is 43.5 Å². The number of piperidine rings is 1. The van der Waals surface area contributed by atoms with Crippen LogP contribution < -0.4 is 31.9 Å². The predicted octanol–water partition coefficient (Wildman–Crippen LogP) is 9.52. The number of ether oxygens (including phenoxy) is 9. The minimum atomic E-state index is -1.11. The number of anilines is 4. The van der Waals surface area contributed by atoms with Gasteiger partial charge in [0, 0.05) is 140 Å². The number of nitrogens with one attached hydrogen (secondary N) is 2. The molecule has 13 rings (SSSR count). The summed E-state index contributed by atoms with van der Waals surface area (Å²) < 4.78 is 60.5. The number of piperazine rings is 1. The van der Waals surface area contributed by atoms with Gasteiger partial charge in [0.2, 0.25) is 23.6 Å². The summed E-state index contributed by atoms with van der Waals surface area (Å²) in [6.45, 7) is 16.4. The van der Waals surface area contributed by atoms with Gasteiger partial charge in [0.15, 0.2) is 11.2 Å². The topological polar surface area (TPSA) is 450 Å². The fourth-order valence-corrected chi connectivity index (χ4v) is 17.9. The summed E-state index contributed by atoms with van der Waals surface area (Å²) in [5.74, 6) is -2.45. The molecule has 10 heterocycles. The Hall–Kier alpha value is -11.4. The minimum absolute atomic E-state index is 0.0241. The van der Waals surface area contributed by atoms with Gasteiger partial charge < -0.3 is 93.9 Å². The average molecular weight is 1820 g/mol. The van der Waals surface area contributed by atoms with Gasteiger partial charge in [-0.25, -0.2) is 44.2 Å². The van der Waals surface area contributed by atoms with Crippen molar-refractivity contribution < 1.29 is 90.5 Å². The van der Waals surface area contributed by atoms with Crippen LogP contribution in [0, 0.1) is 23.7 Å². The summed E-state index contributed by atoms with van der Waals surface area (Å²) in [6, 6.07) is 10.8. The number of methoxy groups -OCH3 is 2. The Balaban J connectivity index is 0.477. The molecule has 4 amide bonds. The van der Waals surface area contributed by atoms with E-state index in [0.29, 0.717) is 218 Å². The van der Waals surface area contributed by atoms with Gasteiger partial charge >= 0.3 is 12.1 Å². The zero-order chi connectivity index (χ0) is 93.2. The second kappa shape index (κ2) is 48.3. The monoisotopic (exact) mass is 1820 g/mol. The van der Waals surface area contributed by atoms with Crippen molar-refractivity contribution in [3.63, 3.8) is 0 Å². The van der Waals surface area contributed by atoms with E-state index in [2.05, 4.69) is 63.7 Å². The number of rotatable bonds is 29. The Bertz CT molecular complexity index is 5210. The van der Waals surface area contributed by atoms with Gasteiger partial charge in [-0.05, 0) is 155 Å². The van der Waals surface area contributed by atoms with Crippen molar-refractivity contribution in [2.45, 2.75) is 212 Å². The molecule has 4 fully saturated rings. The fourth-order valence-electron chi connectivity index (χ4n) is 17.9. The Morgan fingerprint density at radius 1 is 0.667 bits per heavy atom. The van der Waals surface area contributed by atoms with Crippen LogP contribution in [0.4, 0.5) is 28.5 Å². The van der Waals surface area contributed by atoms with Gasteiger partial charge in [0.25, 0.3) is 17.8 Å². The van der Waals surface area contributed by atoms with Crippen LogP contribution in [0.5, 0.6) is 0 Å². The molecular formula is C96H127N17O19. The first kappa shape index (κ1) is 98.1. The third-order valence-electron chi connectivity index (χ3n) is 25.6. The summed E-state index contributed by atoms with van der Waals surface area (Å²) in [5.41, 5.74) is 21.1. The van der Waals surface area contributed by atoms with E-state index in [1.54, 1.807) is 52.6 Å². The number of allylic oxidation sites excluding steroid dienone is 6. The number of benzene rings is 2. The number of amides is 4. The largest absolute Gasteiger partial charge is 0.460 e. The molecule has 3 saturated heterocycles. The number of hydrogen-bond acceptors (Lipinski definition) is 31. The number of ketones is 3. The molecule has 36 heteroatoms. The molecule has 5 aromatic heterocycles. The molecule has 1 saturated carbocycles. The lowest BCUT2D eigenvalue weighted by molar-refractivity contribution is -0.167. The Morgan fingerprint density at radius 2 is 1.39 bits per heavy atom. The lowest BCUT2D eigenvalue weighted by Gasteiger charge is -2.37. The molecule has 710 valence electrons. The number of carbonyl (C=O) groups is 8. The summed E-state index contributed by atoms with van der Waals surface area (Å²) in [6.07, 6.45) is 21.2. The molecule has 7 aromatic rings. The van der Waals surface area contributed by atoms with Gasteiger partial charge in [-0.15, -0.1) is 0 Å². The molecule has 0 radical (unpaired) electrons. The molecule has 2 aromatic carbocycles. The number of fused-ring (bicyclic) bond motifs is 6. The zero-order valence-corrected chi connectivity index (χ0v) is 76.8. The number of Topliss-reactive ketones (excluding diaryl/α,β-unsaturated/α-hetero) is 3. The summed E-state index contributed by atoms with van der Waals surface area (Å²) >= 11 is 0. The van der Waals surface area contributed by atoms with Gasteiger partial charge in [-0.3, -0.25) is 28.8 Å². The molecule has 12 atom stereocenters. The van der Waals surface area contributed by atoms with Crippen molar-refractivity contribution in [1.82, 2.24) is 65.1 Å². The zero-order valence-electron chi connectivity index (χ0n) is 76.8. The number of oxazole rings is 1. The molecule has 132 heavy (non-hydrogen) atoms. The van der Waals surface area contributed by atoms with Gasteiger partial charge in [-0.1, -0.05) is 75.4 Å². The van der Waals surface area contributed by atoms with Crippen molar-refractivity contribution in [2.75, 3.05) is 134 Å². The molecule has 0 spiro atoms. The first-order valence-electron chi connectivity index (χ1n) is 46.3. The molecule has 1 aliphatic carbocycles. The molecule has 7 N–H and O–H groups in total. The molecular weight excluding hydrogens is 1700 g/mol. The molecule has 6 aliphatic rings. The van der Waals surface area contributed by atoms with Crippen molar-refractivity contribution in [3.8, 4) is 11.3 Å². The van der Waals surface area contributed by atoms with Crippen molar-refractivity contribution >= 4 is 93.0 Å². The van der Waals surface area contributed by atoms with E-state index in [4.69, 9.17) is 63.6 Å². The number of esters is 1. The van der Waals surface area contributed by atoms with E-state index < -0.39 is 66.2 Å². The Labute approximate surface area is 769 Å². The van der Waals surface area contributed by atoms with E-state index in [1.807, 2.05) is 82.7 Å². The highest BCUT2D eigenvalue weighted by Crippen LogP contribution is 2.37. The number of carbonyl (C=O) groups excluding carboxylic acids is 8.